The van der Waals surface area contributed by atoms with Crippen molar-refractivity contribution in [2.45, 2.75) is 53.1 Å². The van der Waals surface area contributed by atoms with Gasteiger partial charge in [-0.2, -0.15) is 0 Å². The van der Waals surface area contributed by atoms with Crippen molar-refractivity contribution in [1.29, 1.82) is 0 Å². The lowest BCUT2D eigenvalue weighted by atomic mass is 9.99. The maximum atomic E-state index is 12.5. The molecular weight excluding hydrogens is 308 g/mol. The molecule has 0 aromatic carbocycles. The number of amides is 1. The zero-order chi connectivity index (χ0) is 18.0. The topological polar surface area (TPSA) is 69.7 Å². The lowest BCUT2D eigenvalue weighted by Gasteiger charge is -2.27. The minimum Gasteiger partial charge on any atom is -0.475 e. The van der Waals surface area contributed by atoms with Crippen molar-refractivity contribution in [3.63, 3.8) is 0 Å². The molecule has 136 valence electrons. The van der Waals surface area contributed by atoms with Crippen LogP contribution in [-0.2, 0) is 14.3 Å². The monoisotopic (exact) mass is 338 g/mol. The molecular formula is C18H30N2O4. The predicted molar refractivity (Wildman–Crippen MR) is 94.5 cm³/mol. The number of carbonyl (C=O) groups excluding carboxylic acids is 1. The van der Waals surface area contributed by atoms with Crippen LogP contribution in [0.4, 0.5) is 5.69 Å². The summed E-state index contributed by atoms with van der Waals surface area (Å²) in [6, 6.07) is 1.85. The van der Waals surface area contributed by atoms with Crippen molar-refractivity contribution in [2.24, 2.45) is 0 Å². The van der Waals surface area contributed by atoms with Gasteiger partial charge in [-0.1, -0.05) is 13.3 Å². The molecule has 6 heteroatoms. The number of pyridine rings is 1. The third kappa shape index (κ3) is 6.09. The van der Waals surface area contributed by atoms with Crippen LogP contribution < -0.4 is 10.1 Å². The maximum absolute atomic E-state index is 12.5. The van der Waals surface area contributed by atoms with Gasteiger partial charge in [0, 0.05) is 18.8 Å². The molecule has 1 amide bonds. The first-order valence-electron chi connectivity index (χ1n) is 8.59. The highest BCUT2D eigenvalue weighted by Gasteiger charge is 2.33. The second-order valence-corrected chi connectivity index (χ2v) is 5.76. The van der Waals surface area contributed by atoms with E-state index in [0.29, 0.717) is 44.4 Å². The first-order chi connectivity index (χ1) is 11.5. The largest absolute Gasteiger partial charge is 0.475 e. The summed E-state index contributed by atoms with van der Waals surface area (Å²) >= 11 is 0. The van der Waals surface area contributed by atoms with Gasteiger partial charge >= 0.3 is 0 Å². The van der Waals surface area contributed by atoms with Crippen LogP contribution in [0.3, 0.4) is 0 Å². The first-order valence-corrected chi connectivity index (χ1v) is 8.59. The number of hydrogen-bond donors (Lipinski definition) is 1. The van der Waals surface area contributed by atoms with Crippen LogP contribution in [-0.4, -0.2) is 42.9 Å². The highest BCUT2D eigenvalue weighted by Crippen LogP contribution is 2.23. The molecule has 0 saturated carbocycles. The number of carbonyl (C=O) groups is 1. The van der Waals surface area contributed by atoms with Gasteiger partial charge in [-0.15, -0.1) is 0 Å². The van der Waals surface area contributed by atoms with Crippen molar-refractivity contribution < 1.29 is 19.0 Å². The fraction of sp³-hybridized carbons (Fsp3) is 0.667. The Morgan fingerprint density at radius 3 is 2.58 bits per heavy atom. The van der Waals surface area contributed by atoms with Crippen LogP contribution in [0.15, 0.2) is 12.3 Å². The summed E-state index contributed by atoms with van der Waals surface area (Å²) in [5, 5.41) is 2.89. The molecule has 6 nitrogen and oxygen atoms in total. The molecule has 1 N–H and O–H groups in total. The normalized spacial score (nSPS) is 13.4. The van der Waals surface area contributed by atoms with Gasteiger partial charge in [0.05, 0.1) is 18.5 Å². The van der Waals surface area contributed by atoms with E-state index in [2.05, 4.69) is 10.3 Å². The second-order valence-electron chi connectivity index (χ2n) is 5.76. The molecule has 1 heterocycles. The molecule has 0 unspecified atom stereocenters. The van der Waals surface area contributed by atoms with Gasteiger partial charge in [0.15, 0.2) is 0 Å². The summed E-state index contributed by atoms with van der Waals surface area (Å²) in [6.07, 6.45) is 3.13. The number of nitrogens with one attached hydrogen (secondary N) is 1. The van der Waals surface area contributed by atoms with Gasteiger partial charge in [0.2, 0.25) is 5.88 Å². The summed E-state index contributed by atoms with van der Waals surface area (Å²) in [5.74, 6) is 0.395. The fourth-order valence-corrected chi connectivity index (χ4v) is 2.43. The number of hydrogen-bond acceptors (Lipinski definition) is 5. The molecule has 1 aromatic heterocycles. The molecule has 0 bridgehead atoms. The van der Waals surface area contributed by atoms with Gasteiger partial charge in [-0.25, -0.2) is 4.98 Å². The third-order valence-electron chi connectivity index (χ3n) is 3.63. The lowest BCUT2D eigenvalue weighted by Crippen LogP contribution is -2.42. The third-order valence-corrected chi connectivity index (χ3v) is 3.63. The molecule has 1 atom stereocenters. The molecule has 0 spiro atoms. The van der Waals surface area contributed by atoms with Crippen molar-refractivity contribution in [2.75, 3.05) is 31.7 Å². The second kappa shape index (κ2) is 10.3. The Bertz CT molecular complexity index is 514. The molecule has 0 saturated heterocycles. The minimum absolute atomic E-state index is 0.155. The summed E-state index contributed by atoms with van der Waals surface area (Å²) < 4.78 is 16.5. The van der Waals surface area contributed by atoms with E-state index in [9.17, 15) is 4.79 Å². The van der Waals surface area contributed by atoms with E-state index in [1.54, 1.807) is 6.20 Å². The Kier molecular flexibility index (Phi) is 8.71. The summed E-state index contributed by atoms with van der Waals surface area (Å²) in [6.45, 7) is 11.7. The van der Waals surface area contributed by atoms with E-state index in [1.165, 1.54) is 0 Å². The maximum Gasteiger partial charge on any atom is 0.256 e. The molecule has 0 aliphatic heterocycles. The molecule has 0 aliphatic carbocycles. The average molecular weight is 338 g/mol. The summed E-state index contributed by atoms with van der Waals surface area (Å²) in [7, 11) is 0. The van der Waals surface area contributed by atoms with Crippen molar-refractivity contribution >= 4 is 11.6 Å². The quantitative estimate of drug-likeness (QED) is 0.627. The van der Waals surface area contributed by atoms with Crippen molar-refractivity contribution in [1.82, 2.24) is 4.98 Å². The average Bonchev–Trinajstić information content (AvgIpc) is 2.53. The Balaban J connectivity index is 2.70. The van der Waals surface area contributed by atoms with Crippen LogP contribution in [0.25, 0.3) is 0 Å². The molecule has 1 rings (SSSR count). The van der Waals surface area contributed by atoms with Crippen LogP contribution in [0.1, 0.15) is 46.1 Å². The zero-order valence-corrected chi connectivity index (χ0v) is 15.5. The molecule has 0 aliphatic rings. The molecule has 1 aromatic rings. The van der Waals surface area contributed by atoms with Gasteiger partial charge in [0.25, 0.3) is 5.91 Å². The van der Waals surface area contributed by atoms with Crippen LogP contribution >= 0.6 is 0 Å². The zero-order valence-electron chi connectivity index (χ0n) is 15.5. The summed E-state index contributed by atoms with van der Waals surface area (Å²) in [5.41, 5.74) is 0.666. The number of ether oxygens (including phenoxy) is 3. The smallest absolute Gasteiger partial charge is 0.256 e. The van der Waals surface area contributed by atoms with E-state index in [1.807, 2.05) is 40.7 Å². The summed E-state index contributed by atoms with van der Waals surface area (Å²) in [4.78, 5) is 16.8. The standard InChI is InChI=1S/C18H30N2O4/c1-6-9-18(5,24-8-3)17(21)20-15-12-14(4)16(19-13-15)23-11-10-22-7-2/h12-13H,6-11H2,1-5H3,(H,20,21)/t18-/m0/s1. The van der Waals surface area contributed by atoms with E-state index in [-0.39, 0.29) is 5.91 Å². The van der Waals surface area contributed by atoms with Crippen molar-refractivity contribution in [3.05, 3.63) is 17.8 Å². The number of aromatic nitrogens is 1. The fourth-order valence-electron chi connectivity index (χ4n) is 2.43. The Hall–Kier alpha value is -1.66. The number of nitrogens with zero attached hydrogens (tertiary/aromatic N) is 1. The van der Waals surface area contributed by atoms with Crippen LogP contribution in [0, 0.1) is 6.92 Å². The van der Waals surface area contributed by atoms with Gasteiger partial charge in [-0.05, 0) is 40.2 Å². The number of rotatable bonds is 11. The van der Waals surface area contributed by atoms with E-state index >= 15 is 0 Å². The number of anilines is 1. The van der Waals surface area contributed by atoms with Gasteiger partial charge < -0.3 is 19.5 Å². The van der Waals surface area contributed by atoms with Crippen LogP contribution in [0.5, 0.6) is 5.88 Å². The SMILES string of the molecule is CCC[C@](C)(OCC)C(=O)Nc1cnc(OCCOCC)c(C)c1. The number of aryl methyl sites for hydroxylation is 1. The van der Waals surface area contributed by atoms with E-state index < -0.39 is 5.60 Å². The Morgan fingerprint density at radius 1 is 1.25 bits per heavy atom. The van der Waals surface area contributed by atoms with E-state index in [0.717, 1.165) is 12.0 Å². The molecule has 24 heavy (non-hydrogen) atoms. The first kappa shape index (κ1) is 20.4. The van der Waals surface area contributed by atoms with Gasteiger partial charge in [0.1, 0.15) is 12.2 Å². The van der Waals surface area contributed by atoms with Gasteiger partial charge in [-0.3, -0.25) is 4.79 Å². The molecule has 0 fully saturated rings. The highest BCUT2D eigenvalue weighted by atomic mass is 16.5. The highest BCUT2D eigenvalue weighted by molar-refractivity contribution is 5.97. The minimum atomic E-state index is -0.829. The lowest BCUT2D eigenvalue weighted by molar-refractivity contribution is -0.139. The van der Waals surface area contributed by atoms with E-state index in [4.69, 9.17) is 14.2 Å². The van der Waals surface area contributed by atoms with Crippen LogP contribution in [0.2, 0.25) is 0 Å². The Labute approximate surface area is 144 Å². The Morgan fingerprint density at radius 2 is 2.00 bits per heavy atom. The predicted octanol–water partition coefficient (Wildman–Crippen LogP) is 3.34. The van der Waals surface area contributed by atoms with Crippen molar-refractivity contribution in [3.8, 4) is 5.88 Å². The molecule has 0 radical (unpaired) electrons.